The van der Waals surface area contributed by atoms with Crippen LogP contribution < -0.4 is 9.64 Å². The summed E-state index contributed by atoms with van der Waals surface area (Å²) in [4.78, 5) is 8.89. The van der Waals surface area contributed by atoms with Crippen molar-refractivity contribution >= 4 is 16.5 Å². The zero-order valence-electron chi connectivity index (χ0n) is 18.5. The highest BCUT2D eigenvalue weighted by Gasteiger charge is 2.31. The van der Waals surface area contributed by atoms with E-state index in [2.05, 4.69) is 45.2 Å². The Bertz CT molecular complexity index is 1300. The molecule has 5 rings (SSSR count). The first-order valence-corrected chi connectivity index (χ1v) is 11.0. The van der Waals surface area contributed by atoms with Gasteiger partial charge in [-0.2, -0.15) is 18.2 Å². The number of alkyl halides is 3. The predicted molar refractivity (Wildman–Crippen MR) is 123 cm³/mol. The molecular formula is C25H23F3N4O2. The maximum atomic E-state index is 13.0. The minimum Gasteiger partial charge on any atom is -0.485 e. The molecule has 0 atom stereocenters. The van der Waals surface area contributed by atoms with Crippen LogP contribution in [0.15, 0.2) is 65.2 Å². The SMILES string of the molecule is CN1CCN(c2cccc3ccc(OCc4noc(-c5cccc(C(F)(F)F)c5)n4)cc23)CC1. The Morgan fingerprint density at radius 1 is 0.971 bits per heavy atom. The van der Waals surface area contributed by atoms with E-state index in [1.54, 1.807) is 0 Å². The van der Waals surface area contributed by atoms with Crippen LogP contribution in [0.25, 0.3) is 22.2 Å². The van der Waals surface area contributed by atoms with Crippen LogP contribution in [0.4, 0.5) is 18.9 Å². The Morgan fingerprint density at radius 2 is 1.76 bits per heavy atom. The van der Waals surface area contributed by atoms with E-state index < -0.39 is 11.7 Å². The highest BCUT2D eigenvalue weighted by atomic mass is 19.4. The number of halogens is 3. The maximum absolute atomic E-state index is 13.0. The molecule has 1 saturated heterocycles. The van der Waals surface area contributed by atoms with Gasteiger partial charge in [-0.15, -0.1) is 0 Å². The minimum atomic E-state index is -4.44. The summed E-state index contributed by atoms with van der Waals surface area (Å²) in [6.07, 6.45) is -4.44. The quantitative estimate of drug-likeness (QED) is 0.399. The number of aromatic nitrogens is 2. The van der Waals surface area contributed by atoms with Crippen LogP contribution in [0.1, 0.15) is 11.4 Å². The van der Waals surface area contributed by atoms with E-state index in [1.165, 1.54) is 17.8 Å². The summed E-state index contributed by atoms with van der Waals surface area (Å²) in [6, 6.07) is 16.9. The molecule has 0 amide bonds. The van der Waals surface area contributed by atoms with Crippen LogP contribution in [-0.4, -0.2) is 48.3 Å². The summed E-state index contributed by atoms with van der Waals surface area (Å²) in [5, 5.41) is 6.07. The Labute approximate surface area is 194 Å². The van der Waals surface area contributed by atoms with Gasteiger partial charge in [-0.25, -0.2) is 0 Å². The van der Waals surface area contributed by atoms with E-state index >= 15 is 0 Å². The van der Waals surface area contributed by atoms with E-state index in [1.807, 2.05) is 18.2 Å². The zero-order chi connectivity index (χ0) is 23.7. The predicted octanol–water partition coefficient (Wildman–Crippen LogP) is 5.24. The smallest absolute Gasteiger partial charge is 0.416 e. The van der Waals surface area contributed by atoms with Crippen molar-refractivity contribution in [3.63, 3.8) is 0 Å². The molecule has 0 aliphatic carbocycles. The maximum Gasteiger partial charge on any atom is 0.416 e. The first kappa shape index (κ1) is 22.2. The Balaban J connectivity index is 1.32. The highest BCUT2D eigenvalue weighted by Crippen LogP contribution is 2.33. The number of benzene rings is 3. The summed E-state index contributed by atoms with van der Waals surface area (Å²) < 4.78 is 50.0. The van der Waals surface area contributed by atoms with Gasteiger partial charge in [0, 0.05) is 42.8 Å². The first-order chi connectivity index (χ1) is 16.4. The highest BCUT2D eigenvalue weighted by molar-refractivity contribution is 5.95. The van der Waals surface area contributed by atoms with Crippen LogP contribution in [0, 0.1) is 0 Å². The Hall–Kier alpha value is -3.59. The van der Waals surface area contributed by atoms with Crippen molar-refractivity contribution in [2.45, 2.75) is 12.8 Å². The number of hydrogen-bond donors (Lipinski definition) is 0. The lowest BCUT2D eigenvalue weighted by Crippen LogP contribution is -2.44. The molecule has 0 radical (unpaired) electrons. The molecule has 3 aromatic carbocycles. The molecule has 1 aromatic heterocycles. The molecule has 34 heavy (non-hydrogen) atoms. The lowest BCUT2D eigenvalue weighted by Gasteiger charge is -2.34. The molecule has 0 unspecified atom stereocenters. The van der Waals surface area contributed by atoms with Crippen molar-refractivity contribution in [1.29, 1.82) is 0 Å². The van der Waals surface area contributed by atoms with Gasteiger partial charge < -0.3 is 19.1 Å². The normalized spacial score (nSPS) is 15.1. The fraction of sp³-hybridized carbons (Fsp3) is 0.280. The van der Waals surface area contributed by atoms with Gasteiger partial charge in [0.2, 0.25) is 5.82 Å². The van der Waals surface area contributed by atoms with Crippen molar-refractivity contribution < 1.29 is 22.4 Å². The number of likely N-dealkylation sites (N-methyl/N-ethyl adjacent to an activating group) is 1. The van der Waals surface area contributed by atoms with Gasteiger partial charge in [-0.1, -0.05) is 29.4 Å². The van der Waals surface area contributed by atoms with Crippen molar-refractivity contribution in [2.24, 2.45) is 0 Å². The van der Waals surface area contributed by atoms with Crippen LogP contribution >= 0.6 is 0 Å². The summed E-state index contributed by atoms with van der Waals surface area (Å²) in [6.45, 7) is 3.98. The largest absolute Gasteiger partial charge is 0.485 e. The average molecular weight is 468 g/mol. The molecular weight excluding hydrogens is 445 g/mol. The third-order valence-corrected chi connectivity index (χ3v) is 5.95. The van der Waals surface area contributed by atoms with Gasteiger partial charge in [0.15, 0.2) is 6.61 Å². The number of ether oxygens (including phenoxy) is 1. The second kappa shape index (κ2) is 8.98. The van der Waals surface area contributed by atoms with Crippen LogP contribution in [0.3, 0.4) is 0 Å². The third kappa shape index (κ3) is 4.70. The van der Waals surface area contributed by atoms with Gasteiger partial charge in [0.1, 0.15) is 5.75 Å². The number of fused-ring (bicyclic) bond motifs is 1. The van der Waals surface area contributed by atoms with Crippen molar-refractivity contribution in [3.05, 3.63) is 72.1 Å². The first-order valence-electron chi connectivity index (χ1n) is 11.0. The van der Waals surface area contributed by atoms with Gasteiger partial charge in [-0.05, 0) is 48.8 Å². The van der Waals surface area contributed by atoms with E-state index in [0.29, 0.717) is 5.75 Å². The number of piperazine rings is 1. The molecule has 176 valence electrons. The fourth-order valence-corrected chi connectivity index (χ4v) is 4.05. The van der Waals surface area contributed by atoms with Gasteiger partial charge in [0.25, 0.3) is 5.89 Å². The van der Waals surface area contributed by atoms with Crippen LogP contribution in [0.2, 0.25) is 0 Å². The van der Waals surface area contributed by atoms with Gasteiger partial charge >= 0.3 is 6.18 Å². The molecule has 1 aliphatic heterocycles. The molecule has 6 nitrogen and oxygen atoms in total. The average Bonchev–Trinajstić information content (AvgIpc) is 3.32. The summed E-state index contributed by atoms with van der Waals surface area (Å²) in [5.41, 5.74) is 0.604. The molecule has 2 heterocycles. The minimum absolute atomic E-state index is 0.0144. The van der Waals surface area contributed by atoms with Crippen molar-refractivity contribution in [1.82, 2.24) is 15.0 Å². The number of nitrogens with zero attached hydrogens (tertiary/aromatic N) is 4. The van der Waals surface area contributed by atoms with E-state index in [-0.39, 0.29) is 23.9 Å². The summed E-state index contributed by atoms with van der Waals surface area (Å²) in [7, 11) is 2.13. The molecule has 9 heteroatoms. The van der Waals surface area contributed by atoms with E-state index in [0.717, 1.165) is 49.1 Å². The number of hydrogen-bond acceptors (Lipinski definition) is 6. The second-order valence-corrected chi connectivity index (χ2v) is 8.33. The third-order valence-electron chi connectivity index (χ3n) is 5.95. The number of rotatable bonds is 5. The molecule has 1 aliphatic rings. The van der Waals surface area contributed by atoms with Crippen LogP contribution in [0.5, 0.6) is 5.75 Å². The molecule has 0 bridgehead atoms. The standard InChI is InChI=1S/C25H23F3N4O2/c1-31-10-12-32(13-11-31)22-7-3-4-17-8-9-20(15-21(17)22)33-16-23-29-24(34-30-23)18-5-2-6-19(14-18)25(26,27)28/h2-9,14-15H,10-13,16H2,1H3. The van der Waals surface area contributed by atoms with E-state index in [4.69, 9.17) is 9.26 Å². The van der Waals surface area contributed by atoms with Crippen molar-refractivity contribution in [3.8, 4) is 17.2 Å². The van der Waals surface area contributed by atoms with Gasteiger partial charge in [-0.3, -0.25) is 0 Å². The number of anilines is 1. The topological polar surface area (TPSA) is 54.6 Å². The second-order valence-electron chi connectivity index (χ2n) is 8.33. The molecule has 1 fully saturated rings. The zero-order valence-corrected chi connectivity index (χ0v) is 18.5. The molecule has 4 aromatic rings. The summed E-state index contributed by atoms with van der Waals surface area (Å²) in [5.74, 6) is 0.917. The molecule has 0 saturated carbocycles. The van der Waals surface area contributed by atoms with Crippen molar-refractivity contribution in [2.75, 3.05) is 38.1 Å². The fourth-order valence-electron chi connectivity index (χ4n) is 4.05. The van der Waals surface area contributed by atoms with Crippen LogP contribution in [-0.2, 0) is 12.8 Å². The Kier molecular flexibility index (Phi) is 5.87. The lowest BCUT2D eigenvalue weighted by molar-refractivity contribution is -0.137. The molecule has 0 spiro atoms. The molecule has 0 N–H and O–H groups in total. The van der Waals surface area contributed by atoms with E-state index in [9.17, 15) is 13.2 Å². The summed E-state index contributed by atoms with van der Waals surface area (Å²) >= 11 is 0. The van der Waals surface area contributed by atoms with Gasteiger partial charge in [0.05, 0.1) is 5.56 Å². The monoisotopic (exact) mass is 468 g/mol. The Morgan fingerprint density at radius 3 is 2.56 bits per heavy atom. The lowest BCUT2D eigenvalue weighted by atomic mass is 10.1.